The summed E-state index contributed by atoms with van der Waals surface area (Å²) in [5, 5.41) is 0. The van der Waals surface area contributed by atoms with Crippen molar-refractivity contribution < 1.29 is 0 Å². The zero-order valence-electron chi connectivity index (χ0n) is 10.1. The quantitative estimate of drug-likeness (QED) is 0.799. The van der Waals surface area contributed by atoms with Crippen LogP contribution in [0.4, 0.5) is 0 Å². The van der Waals surface area contributed by atoms with Crippen molar-refractivity contribution in [1.82, 2.24) is 0 Å². The highest BCUT2D eigenvalue weighted by Gasteiger charge is 2.30. The molecule has 1 aromatic rings. The summed E-state index contributed by atoms with van der Waals surface area (Å²) in [6.45, 7) is 2.11. The van der Waals surface area contributed by atoms with Gasteiger partial charge in [0.25, 0.3) is 0 Å². The highest BCUT2D eigenvalue weighted by atomic mass is 14.8. The second-order valence-electron chi connectivity index (χ2n) is 5.36. The van der Waals surface area contributed by atoms with E-state index in [9.17, 15) is 0 Å². The molecule has 1 aliphatic rings. The van der Waals surface area contributed by atoms with E-state index < -0.39 is 0 Å². The SMILES string of the molecule is Cc1ccc(CC2(N)CCC(N)CC2)cc1. The summed E-state index contributed by atoms with van der Waals surface area (Å²) in [4.78, 5) is 0. The third kappa shape index (κ3) is 2.83. The number of hydrogen-bond acceptors (Lipinski definition) is 2. The van der Waals surface area contributed by atoms with Crippen molar-refractivity contribution in [3.8, 4) is 0 Å². The van der Waals surface area contributed by atoms with Crippen molar-refractivity contribution in [3.05, 3.63) is 35.4 Å². The van der Waals surface area contributed by atoms with E-state index in [1.165, 1.54) is 11.1 Å². The second kappa shape index (κ2) is 4.56. The van der Waals surface area contributed by atoms with E-state index in [2.05, 4.69) is 31.2 Å². The van der Waals surface area contributed by atoms with E-state index in [0.717, 1.165) is 32.1 Å². The molecule has 4 N–H and O–H groups in total. The first kappa shape index (κ1) is 11.6. The molecule has 0 saturated heterocycles. The van der Waals surface area contributed by atoms with Gasteiger partial charge in [-0.3, -0.25) is 0 Å². The molecule has 88 valence electrons. The fourth-order valence-corrected chi connectivity index (χ4v) is 2.50. The van der Waals surface area contributed by atoms with Gasteiger partial charge in [-0.25, -0.2) is 0 Å². The number of hydrogen-bond donors (Lipinski definition) is 2. The molecule has 1 aliphatic carbocycles. The van der Waals surface area contributed by atoms with E-state index in [0.29, 0.717) is 6.04 Å². The van der Waals surface area contributed by atoms with E-state index in [-0.39, 0.29) is 5.54 Å². The maximum absolute atomic E-state index is 6.44. The van der Waals surface area contributed by atoms with Crippen molar-refractivity contribution in [2.24, 2.45) is 11.5 Å². The summed E-state index contributed by atoms with van der Waals surface area (Å²) in [7, 11) is 0. The smallest absolute Gasteiger partial charge is 0.0196 e. The fraction of sp³-hybridized carbons (Fsp3) is 0.571. The lowest BCUT2D eigenvalue weighted by Gasteiger charge is -2.36. The minimum absolute atomic E-state index is 0.0227. The molecular formula is C14H22N2. The Morgan fingerprint density at radius 1 is 1.19 bits per heavy atom. The van der Waals surface area contributed by atoms with Crippen molar-refractivity contribution in [2.45, 2.75) is 50.6 Å². The van der Waals surface area contributed by atoms with Crippen molar-refractivity contribution in [1.29, 1.82) is 0 Å². The maximum Gasteiger partial charge on any atom is 0.0196 e. The highest BCUT2D eigenvalue weighted by Crippen LogP contribution is 2.28. The molecule has 0 unspecified atom stereocenters. The van der Waals surface area contributed by atoms with Gasteiger partial charge in [-0.15, -0.1) is 0 Å². The summed E-state index contributed by atoms with van der Waals surface area (Å²) in [5.41, 5.74) is 15.0. The molecule has 0 radical (unpaired) electrons. The lowest BCUT2D eigenvalue weighted by atomic mass is 9.77. The topological polar surface area (TPSA) is 52.0 Å². The Morgan fingerprint density at radius 3 is 2.31 bits per heavy atom. The van der Waals surface area contributed by atoms with Crippen molar-refractivity contribution in [2.75, 3.05) is 0 Å². The van der Waals surface area contributed by atoms with Gasteiger partial charge in [0.15, 0.2) is 0 Å². The van der Waals surface area contributed by atoms with Gasteiger partial charge < -0.3 is 11.5 Å². The highest BCUT2D eigenvalue weighted by molar-refractivity contribution is 5.23. The Bertz CT molecular complexity index is 334. The van der Waals surface area contributed by atoms with E-state index in [1.54, 1.807) is 0 Å². The summed E-state index contributed by atoms with van der Waals surface area (Å²) < 4.78 is 0. The first-order chi connectivity index (χ1) is 7.57. The van der Waals surface area contributed by atoms with Crippen LogP contribution in [0.15, 0.2) is 24.3 Å². The average molecular weight is 218 g/mol. The Labute approximate surface area is 98.0 Å². The summed E-state index contributed by atoms with van der Waals surface area (Å²) >= 11 is 0. The lowest BCUT2D eigenvalue weighted by Crippen LogP contribution is -2.47. The standard InChI is InChI=1S/C14H22N2/c1-11-2-4-12(5-3-11)10-14(16)8-6-13(15)7-9-14/h2-5,13H,6-10,15-16H2,1H3. The van der Waals surface area contributed by atoms with Gasteiger partial charge in [0.05, 0.1) is 0 Å². The van der Waals surface area contributed by atoms with Crippen LogP contribution < -0.4 is 11.5 Å². The third-order valence-corrected chi connectivity index (χ3v) is 3.70. The van der Waals surface area contributed by atoms with Crippen LogP contribution in [0.5, 0.6) is 0 Å². The van der Waals surface area contributed by atoms with Crippen LogP contribution >= 0.6 is 0 Å². The summed E-state index contributed by atoms with van der Waals surface area (Å²) in [6.07, 6.45) is 5.24. The van der Waals surface area contributed by atoms with Gasteiger partial charge in [-0.2, -0.15) is 0 Å². The Hall–Kier alpha value is -0.860. The van der Waals surface area contributed by atoms with Gasteiger partial charge in [0, 0.05) is 11.6 Å². The molecule has 16 heavy (non-hydrogen) atoms. The monoisotopic (exact) mass is 218 g/mol. The first-order valence-corrected chi connectivity index (χ1v) is 6.17. The molecule has 0 atom stereocenters. The number of nitrogens with two attached hydrogens (primary N) is 2. The number of benzene rings is 1. The van der Waals surface area contributed by atoms with Gasteiger partial charge in [-0.1, -0.05) is 29.8 Å². The van der Waals surface area contributed by atoms with Crippen LogP contribution in [0.2, 0.25) is 0 Å². The Kier molecular flexibility index (Phi) is 3.31. The largest absolute Gasteiger partial charge is 0.328 e. The predicted octanol–water partition coefficient (Wildman–Crippen LogP) is 2.14. The molecule has 0 amide bonds. The molecule has 0 aromatic heterocycles. The van der Waals surface area contributed by atoms with Crippen LogP contribution in [0.1, 0.15) is 36.8 Å². The third-order valence-electron chi connectivity index (χ3n) is 3.70. The molecule has 0 aliphatic heterocycles. The zero-order valence-corrected chi connectivity index (χ0v) is 10.1. The molecule has 1 aromatic carbocycles. The summed E-state index contributed by atoms with van der Waals surface area (Å²) in [6, 6.07) is 9.08. The van der Waals surface area contributed by atoms with Crippen LogP contribution in [-0.4, -0.2) is 11.6 Å². The van der Waals surface area contributed by atoms with Gasteiger partial charge in [0.1, 0.15) is 0 Å². The van der Waals surface area contributed by atoms with Crippen molar-refractivity contribution >= 4 is 0 Å². The average Bonchev–Trinajstić information content (AvgIpc) is 2.27. The van der Waals surface area contributed by atoms with Gasteiger partial charge >= 0.3 is 0 Å². The summed E-state index contributed by atoms with van der Waals surface area (Å²) in [5.74, 6) is 0. The lowest BCUT2D eigenvalue weighted by molar-refractivity contribution is 0.271. The van der Waals surface area contributed by atoms with Crippen LogP contribution in [0, 0.1) is 6.92 Å². The molecule has 2 nitrogen and oxygen atoms in total. The minimum atomic E-state index is -0.0227. The molecular weight excluding hydrogens is 196 g/mol. The van der Waals surface area contributed by atoms with Crippen LogP contribution in [0.3, 0.4) is 0 Å². The maximum atomic E-state index is 6.44. The molecule has 2 heteroatoms. The Balaban J connectivity index is 2.00. The molecule has 2 rings (SSSR count). The molecule has 1 saturated carbocycles. The zero-order chi connectivity index (χ0) is 11.6. The van der Waals surface area contributed by atoms with Gasteiger partial charge in [0.2, 0.25) is 0 Å². The van der Waals surface area contributed by atoms with Crippen LogP contribution in [0.25, 0.3) is 0 Å². The predicted molar refractivity (Wildman–Crippen MR) is 68.2 cm³/mol. The van der Waals surface area contributed by atoms with E-state index in [4.69, 9.17) is 11.5 Å². The fourth-order valence-electron chi connectivity index (χ4n) is 2.50. The number of aryl methyl sites for hydroxylation is 1. The van der Waals surface area contributed by atoms with Crippen molar-refractivity contribution in [3.63, 3.8) is 0 Å². The first-order valence-electron chi connectivity index (χ1n) is 6.17. The van der Waals surface area contributed by atoms with E-state index in [1.807, 2.05) is 0 Å². The van der Waals surface area contributed by atoms with Crippen LogP contribution in [-0.2, 0) is 6.42 Å². The molecule has 0 spiro atoms. The second-order valence-corrected chi connectivity index (χ2v) is 5.36. The minimum Gasteiger partial charge on any atom is -0.328 e. The molecule has 1 fully saturated rings. The normalized spacial score (nSPS) is 30.3. The molecule has 0 bridgehead atoms. The Morgan fingerprint density at radius 2 is 1.75 bits per heavy atom. The number of rotatable bonds is 2. The van der Waals surface area contributed by atoms with Gasteiger partial charge in [-0.05, 0) is 44.6 Å². The molecule has 0 heterocycles. The van der Waals surface area contributed by atoms with E-state index >= 15 is 0 Å².